The van der Waals surface area contributed by atoms with E-state index < -0.39 is 24.0 Å². The van der Waals surface area contributed by atoms with Crippen LogP contribution in [-0.2, 0) is 4.79 Å². The fraction of sp³-hybridized carbons (Fsp3) is 0.176. The Morgan fingerprint density at radius 3 is 2.52 bits per heavy atom. The van der Waals surface area contributed by atoms with Gasteiger partial charge in [0.25, 0.3) is 5.91 Å². The molecule has 2 atom stereocenters. The molecule has 2 aromatic carbocycles. The zero-order valence-corrected chi connectivity index (χ0v) is 15.0. The lowest BCUT2D eigenvalue weighted by atomic mass is 9.92. The van der Waals surface area contributed by atoms with E-state index in [1.54, 1.807) is 36.4 Å². The summed E-state index contributed by atoms with van der Waals surface area (Å²) < 4.78 is 0. The van der Waals surface area contributed by atoms with E-state index >= 15 is 0 Å². The number of benzene rings is 2. The maximum absolute atomic E-state index is 12.6. The van der Waals surface area contributed by atoms with E-state index in [-0.39, 0.29) is 6.42 Å². The number of carboxylic acids is 1. The summed E-state index contributed by atoms with van der Waals surface area (Å²) in [6, 6.07) is 8.30. The molecule has 0 bridgehead atoms. The predicted molar refractivity (Wildman–Crippen MR) is 97.8 cm³/mol. The van der Waals surface area contributed by atoms with Gasteiger partial charge in [-0.2, -0.15) is 0 Å². The minimum absolute atomic E-state index is 0.139. The number of amides is 1. The van der Waals surface area contributed by atoms with Gasteiger partial charge in [0.05, 0.1) is 16.6 Å². The summed E-state index contributed by atoms with van der Waals surface area (Å²) in [4.78, 5) is 24.0. The third-order valence-electron chi connectivity index (χ3n) is 3.97. The highest BCUT2D eigenvalue weighted by atomic mass is 35.5. The fourth-order valence-corrected chi connectivity index (χ4v) is 3.68. The standard InChI is InChI=1S/C17H13Cl3N2O3/c18-8-5-11(20)15-12(6-8)21-14(17(24)25)7-13(15)22-16(23)9-3-1-2-4-10(9)19/h1-6,13-14,21H,7H2,(H,22,23)(H,24,25). The monoisotopic (exact) mass is 398 g/mol. The largest absolute Gasteiger partial charge is 0.480 e. The molecule has 0 saturated carbocycles. The second-order valence-corrected chi connectivity index (χ2v) is 6.88. The van der Waals surface area contributed by atoms with Gasteiger partial charge in [-0.15, -0.1) is 0 Å². The molecular formula is C17H13Cl3N2O3. The average Bonchev–Trinajstić information content (AvgIpc) is 2.54. The highest BCUT2D eigenvalue weighted by Gasteiger charge is 2.33. The number of hydrogen-bond donors (Lipinski definition) is 3. The molecule has 1 aliphatic heterocycles. The Bertz CT molecular complexity index is 857. The lowest BCUT2D eigenvalue weighted by molar-refractivity contribution is -0.138. The van der Waals surface area contributed by atoms with E-state index in [9.17, 15) is 14.7 Å². The second kappa shape index (κ2) is 7.12. The first kappa shape index (κ1) is 17.9. The highest BCUT2D eigenvalue weighted by molar-refractivity contribution is 6.36. The van der Waals surface area contributed by atoms with Crippen molar-refractivity contribution in [2.75, 3.05) is 5.32 Å². The molecule has 0 saturated heterocycles. The van der Waals surface area contributed by atoms with E-state index in [0.29, 0.717) is 31.9 Å². The molecule has 2 unspecified atom stereocenters. The van der Waals surface area contributed by atoms with Crippen LogP contribution in [0.5, 0.6) is 0 Å². The van der Waals surface area contributed by atoms with Gasteiger partial charge in [-0.25, -0.2) is 4.79 Å². The Kier molecular flexibility index (Phi) is 5.08. The van der Waals surface area contributed by atoms with E-state index in [2.05, 4.69) is 10.6 Å². The van der Waals surface area contributed by atoms with Gasteiger partial charge < -0.3 is 15.7 Å². The zero-order chi connectivity index (χ0) is 18.1. The van der Waals surface area contributed by atoms with Crippen molar-refractivity contribution < 1.29 is 14.7 Å². The third kappa shape index (κ3) is 3.68. The number of nitrogens with one attached hydrogen (secondary N) is 2. The first-order chi connectivity index (χ1) is 11.9. The first-order valence-corrected chi connectivity index (χ1v) is 8.54. The van der Waals surface area contributed by atoms with Crippen LogP contribution in [0.25, 0.3) is 0 Å². The summed E-state index contributed by atoms with van der Waals surface area (Å²) in [6.07, 6.45) is 0.139. The van der Waals surface area contributed by atoms with Crippen molar-refractivity contribution in [2.45, 2.75) is 18.5 Å². The van der Waals surface area contributed by atoms with Crippen molar-refractivity contribution in [3.8, 4) is 0 Å². The Labute approximate surface area is 158 Å². The SMILES string of the molecule is O=C(NC1CC(C(=O)O)Nc2cc(Cl)cc(Cl)c21)c1ccccc1Cl. The minimum atomic E-state index is -1.03. The van der Waals surface area contributed by atoms with Crippen molar-refractivity contribution in [2.24, 2.45) is 0 Å². The normalized spacial score (nSPS) is 18.8. The van der Waals surface area contributed by atoms with Crippen LogP contribution in [0.15, 0.2) is 36.4 Å². The van der Waals surface area contributed by atoms with Crippen LogP contribution >= 0.6 is 34.8 Å². The van der Waals surface area contributed by atoms with Gasteiger partial charge in [-0.1, -0.05) is 46.9 Å². The van der Waals surface area contributed by atoms with Gasteiger partial charge >= 0.3 is 5.97 Å². The number of halogens is 3. The number of carboxylic acid groups (broad SMARTS) is 1. The molecular weight excluding hydrogens is 387 g/mol. The van der Waals surface area contributed by atoms with Crippen molar-refractivity contribution >= 4 is 52.4 Å². The lowest BCUT2D eigenvalue weighted by Gasteiger charge is -2.32. The molecule has 1 heterocycles. The summed E-state index contributed by atoms with van der Waals surface area (Å²) in [5.41, 5.74) is 1.39. The molecule has 1 aliphatic rings. The maximum atomic E-state index is 12.6. The van der Waals surface area contributed by atoms with E-state index in [4.69, 9.17) is 34.8 Å². The number of hydrogen-bond acceptors (Lipinski definition) is 3. The molecule has 0 radical (unpaired) electrons. The van der Waals surface area contributed by atoms with Gasteiger partial charge in [0, 0.05) is 27.7 Å². The fourth-order valence-electron chi connectivity index (χ4n) is 2.83. The quantitative estimate of drug-likeness (QED) is 0.715. The maximum Gasteiger partial charge on any atom is 0.326 e. The Morgan fingerprint density at radius 1 is 1.12 bits per heavy atom. The molecule has 130 valence electrons. The number of carbonyl (C=O) groups is 2. The Hall–Kier alpha value is -1.95. The first-order valence-electron chi connectivity index (χ1n) is 7.40. The van der Waals surface area contributed by atoms with Gasteiger partial charge in [0.15, 0.2) is 0 Å². The number of rotatable bonds is 3. The van der Waals surface area contributed by atoms with Gasteiger partial charge in [-0.3, -0.25) is 4.79 Å². The lowest BCUT2D eigenvalue weighted by Crippen LogP contribution is -2.41. The van der Waals surface area contributed by atoms with Gasteiger partial charge in [0.1, 0.15) is 6.04 Å². The van der Waals surface area contributed by atoms with Crippen LogP contribution in [0.2, 0.25) is 15.1 Å². The number of aliphatic carboxylic acids is 1. The number of carbonyl (C=O) groups excluding carboxylic acids is 1. The summed E-state index contributed by atoms with van der Waals surface area (Å²) >= 11 is 18.3. The number of anilines is 1. The van der Waals surface area contributed by atoms with Crippen LogP contribution in [0.3, 0.4) is 0 Å². The van der Waals surface area contributed by atoms with E-state index in [1.807, 2.05) is 0 Å². The summed E-state index contributed by atoms with van der Waals surface area (Å²) in [5, 5.41) is 16.1. The summed E-state index contributed by atoms with van der Waals surface area (Å²) in [5.74, 6) is -1.43. The van der Waals surface area contributed by atoms with Crippen molar-refractivity contribution in [1.82, 2.24) is 5.32 Å². The van der Waals surface area contributed by atoms with Crippen LogP contribution in [0.1, 0.15) is 28.4 Å². The number of fused-ring (bicyclic) bond motifs is 1. The molecule has 0 fully saturated rings. The second-order valence-electron chi connectivity index (χ2n) is 5.63. The predicted octanol–water partition coefficient (Wildman–Crippen LogP) is 4.39. The van der Waals surface area contributed by atoms with E-state index in [1.165, 1.54) is 0 Å². The van der Waals surface area contributed by atoms with E-state index in [0.717, 1.165) is 0 Å². The van der Waals surface area contributed by atoms with Gasteiger partial charge in [-0.05, 0) is 24.3 Å². The zero-order valence-electron chi connectivity index (χ0n) is 12.7. The summed E-state index contributed by atoms with van der Waals surface area (Å²) in [6.45, 7) is 0. The molecule has 0 spiro atoms. The molecule has 5 nitrogen and oxygen atoms in total. The van der Waals surface area contributed by atoms with Crippen LogP contribution in [0, 0.1) is 0 Å². The topological polar surface area (TPSA) is 78.4 Å². The molecule has 1 amide bonds. The highest BCUT2D eigenvalue weighted by Crippen LogP contribution is 2.40. The minimum Gasteiger partial charge on any atom is -0.480 e. The molecule has 0 aliphatic carbocycles. The molecule has 2 aromatic rings. The summed E-state index contributed by atoms with van der Waals surface area (Å²) in [7, 11) is 0. The van der Waals surface area contributed by atoms with Crippen LogP contribution < -0.4 is 10.6 Å². The molecule has 0 aromatic heterocycles. The van der Waals surface area contributed by atoms with Crippen LogP contribution in [0.4, 0.5) is 5.69 Å². The van der Waals surface area contributed by atoms with Crippen molar-refractivity contribution in [1.29, 1.82) is 0 Å². The third-order valence-corrected chi connectivity index (χ3v) is 4.83. The Morgan fingerprint density at radius 2 is 1.84 bits per heavy atom. The molecule has 3 N–H and O–H groups in total. The van der Waals surface area contributed by atoms with Gasteiger partial charge in [0.2, 0.25) is 0 Å². The van der Waals surface area contributed by atoms with Crippen molar-refractivity contribution in [3.05, 3.63) is 62.6 Å². The van der Waals surface area contributed by atoms with Crippen LogP contribution in [-0.4, -0.2) is 23.0 Å². The molecule has 25 heavy (non-hydrogen) atoms. The molecule has 3 rings (SSSR count). The smallest absolute Gasteiger partial charge is 0.326 e. The van der Waals surface area contributed by atoms with Crippen molar-refractivity contribution in [3.63, 3.8) is 0 Å². The molecule has 8 heteroatoms. The Balaban J connectivity index is 1.96. The average molecular weight is 400 g/mol.